The molecule has 0 atom stereocenters. The van der Waals surface area contributed by atoms with Gasteiger partial charge in [0.2, 0.25) is 11.8 Å². The van der Waals surface area contributed by atoms with E-state index >= 15 is 0 Å². The van der Waals surface area contributed by atoms with Crippen molar-refractivity contribution in [3.63, 3.8) is 0 Å². The highest BCUT2D eigenvalue weighted by molar-refractivity contribution is 6.33. The number of benzene rings is 1. The van der Waals surface area contributed by atoms with E-state index in [4.69, 9.17) is 16.3 Å². The predicted octanol–water partition coefficient (Wildman–Crippen LogP) is 3.78. The molecule has 0 radical (unpaired) electrons. The van der Waals surface area contributed by atoms with Crippen molar-refractivity contribution >= 4 is 23.2 Å². The van der Waals surface area contributed by atoms with Crippen LogP contribution in [-0.2, 0) is 11.3 Å². The van der Waals surface area contributed by atoms with Crippen molar-refractivity contribution in [3.05, 3.63) is 53.2 Å². The second-order valence-electron chi connectivity index (χ2n) is 6.10. The van der Waals surface area contributed by atoms with E-state index in [0.717, 1.165) is 24.1 Å². The molecule has 2 aromatic rings. The van der Waals surface area contributed by atoms with Crippen molar-refractivity contribution in [2.45, 2.75) is 38.3 Å². The van der Waals surface area contributed by atoms with Gasteiger partial charge in [-0.15, -0.1) is 0 Å². The van der Waals surface area contributed by atoms with Gasteiger partial charge in [-0.05, 0) is 43.9 Å². The summed E-state index contributed by atoms with van der Waals surface area (Å²) in [5.74, 6) is 0.504. The van der Waals surface area contributed by atoms with Crippen LogP contribution in [0.2, 0.25) is 5.02 Å². The lowest BCUT2D eigenvalue weighted by Crippen LogP contribution is -2.29. The number of pyridine rings is 1. The fourth-order valence-electron chi connectivity index (χ4n) is 2.87. The van der Waals surface area contributed by atoms with Crippen LogP contribution in [0.15, 0.2) is 42.6 Å². The Morgan fingerprint density at radius 1 is 1.20 bits per heavy atom. The van der Waals surface area contributed by atoms with E-state index in [9.17, 15) is 4.79 Å². The summed E-state index contributed by atoms with van der Waals surface area (Å²) in [7, 11) is 0. The van der Waals surface area contributed by atoms with Gasteiger partial charge < -0.3 is 15.4 Å². The SMILES string of the molecule is O=C(CNc1ccccc1Cl)NCc1cccnc1OC1CCCC1. The number of amides is 1. The molecule has 1 heterocycles. The van der Waals surface area contributed by atoms with Crippen LogP contribution in [0.3, 0.4) is 0 Å². The predicted molar refractivity (Wildman–Crippen MR) is 98.9 cm³/mol. The average Bonchev–Trinajstić information content (AvgIpc) is 3.13. The fraction of sp³-hybridized carbons (Fsp3) is 0.368. The Labute approximate surface area is 152 Å². The van der Waals surface area contributed by atoms with E-state index in [1.807, 2.05) is 30.3 Å². The first-order chi connectivity index (χ1) is 12.2. The minimum absolute atomic E-state index is 0.115. The van der Waals surface area contributed by atoms with Crippen molar-refractivity contribution < 1.29 is 9.53 Å². The van der Waals surface area contributed by atoms with Crippen LogP contribution in [-0.4, -0.2) is 23.5 Å². The first-order valence-electron chi connectivity index (χ1n) is 8.58. The lowest BCUT2D eigenvalue weighted by atomic mass is 10.2. The molecular formula is C19H22ClN3O2. The molecule has 0 unspecified atom stereocenters. The summed E-state index contributed by atoms with van der Waals surface area (Å²) in [4.78, 5) is 16.4. The molecule has 0 bridgehead atoms. The van der Waals surface area contributed by atoms with Gasteiger partial charge in [0, 0.05) is 18.3 Å². The standard InChI is InChI=1S/C19H22ClN3O2/c20-16-9-3-4-10-17(16)22-13-18(24)23-12-14-6-5-11-21-19(14)25-15-7-1-2-8-15/h3-6,9-11,15,22H,1-2,7-8,12-13H2,(H,23,24). The van der Waals surface area contributed by atoms with E-state index in [1.165, 1.54) is 12.8 Å². The topological polar surface area (TPSA) is 63.2 Å². The summed E-state index contributed by atoms with van der Waals surface area (Å²) >= 11 is 6.06. The zero-order valence-electron chi connectivity index (χ0n) is 14.0. The van der Waals surface area contributed by atoms with Crippen LogP contribution in [0.1, 0.15) is 31.2 Å². The maximum atomic E-state index is 12.1. The molecule has 0 aliphatic heterocycles. The van der Waals surface area contributed by atoms with Crippen LogP contribution < -0.4 is 15.4 Å². The van der Waals surface area contributed by atoms with Gasteiger partial charge in [0.1, 0.15) is 6.10 Å². The maximum absolute atomic E-state index is 12.1. The summed E-state index contributed by atoms with van der Waals surface area (Å²) in [6.45, 7) is 0.543. The molecule has 1 fully saturated rings. The lowest BCUT2D eigenvalue weighted by molar-refractivity contribution is -0.119. The highest BCUT2D eigenvalue weighted by Gasteiger charge is 2.18. The molecule has 1 aromatic carbocycles. The summed E-state index contributed by atoms with van der Waals surface area (Å²) in [5.41, 5.74) is 1.63. The Morgan fingerprint density at radius 2 is 2.00 bits per heavy atom. The second kappa shape index (κ2) is 8.72. The molecule has 2 N–H and O–H groups in total. The Morgan fingerprint density at radius 3 is 2.80 bits per heavy atom. The first kappa shape index (κ1) is 17.5. The van der Waals surface area contributed by atoms with E-state index in [0.29, 0.717) is 17.4 Å². The molecule has 25 heavy (non-hydrogen) atoms. The maximum Gasteiger partial charge on any atom is 0.239 e. The number of carbonyl (C=O) groups excluding carboxylic acids is 1. The summed E-state index contributed by atoms with van der Waals surface area (Å²) in [5, 5.41) is 6.51. The molecular weight excluding hydrogens is 338 g/mol. The number of anilines is 1. The molecule has 5 nitrogen and oxygen atoms in total. The summed E-state index contributed by atoms with van der Waals surface area (Å²) in [6.07, 6.45) is 6.52. The van der Waals surface area contributed by atoms with Crippen LogP contribution in [0.5, 0.6) is 5.88 Å². The minimum atomic E-state index is -0.115. The number of ether oxygens (including phenoxy) is 1. The first-order valence-corrected chi connectivity index (χ1v) is 8.96. The van der Waals surface area contributed by atoms with Gasteiger partial charge in [-0.25, -0.2) is 4.98 Å². The van der Waals surface area contributed by atoms with Crippen LogP contribution in [0.4, 0.5) is 5.69 Å². The minimum Gasteiger partial charge on any atom is -0.474 e. The van der Waals surface area contributed by atoms with E-state index in [2.05, 4.69) is 15.6 Å². The van der Waals surface area contributed by atoms with Gasteiger partial charge >= 0.3 is 0 Å². The third kappa shape index (κ3) is 5.10. The molecule has 0 spiro atoms. The van der Waals surface area contributed by atoms with E-state index in [1.54, 1.807) is 12.3 Å². The second-order valence-corrected chi connectivity index (χ2v) is 6.51. The fourth-order valence-corrected chi connectivity index (χ4v) is 3.07. The zero-order chi connectivity index (χ0) is 17.5. The number of halogens is 1. The number of nitrogens with one attached hydrogen (secondary N) is 2. The number of rotatable bonds is 7. The molecule has 3 rings (SSSR count). The number of hydrogen-bond acceptors (Lipinski definition) is 4. The quantitative estimate of drug-likeness (QED) is 0.789. The van der Waals surface area contributed by atoms with Crippen molar-refractivity contribution in [1.82, 2.24) is 10.3 Å². The molecule has 1 aromatic heterocycles. The highest BCUT2D eigenvalue weighted by atomic mass is 35.5. The molecule has 1 aliphatic rings. The lowest BCUT2D eigenvalue weighted by Gasteiger charge is -2.15. The number of hydrogen-bond donors (Lipinski definition) is 2. The average molecular weight is 360 g/mol. The van der Waals surface area contributed by atoms with Crippen LogP contribution in [0.25, 0.3) is 0 Å². The Bertz CT molecular complexity index is 717. The number of carbonyl (C=O) groups is 1. The van der Waals surface area contributed by atoms with Crippen molar-refractivity contribution in [2.24, 2.45) is 0 Å². The third-order valence-corrected chi connectivity index (χ3v) is 4.55. The van der Waals surface area contributed by atoms with E-state index in [-0.39, 0.29) is 18.6 Å². The largest absolute Gasteiger partial charge is 0.474 e. The monoisotopic (exact) mass is 359 g/mol. The van der Waals surface area contributed by atoms with E-state index < -0.39 is 0 Å². The van der Waals surface area contributed by atoms with Crippen molar-refractivity contribution in [2.75, 3.05) is 11.9 Å². The molecule has 6 heteroatoms. The van der Waals surface area contributed by atoms with Gasteiger partial charge in [0.25, 0.3) is 0 Å². The van der Waals surface area contributed by atoms with Crippen molar-refractivity contribution in [1.29, 1.82) is 0 Å². The van der Waals surface area contributed by atoms with Crippen LogP contribution >= 0.6 is 11.6 Å². The number of nitrogens with zero attached hydrogens (tertiary/aromatic N) is 1. The van der Waals surface area contributed by atoms with Crippen molar-refractivity contribution in [3.8, 4) is 5.88 Å². The highest BCUT2D eigenvalue weighted by Crippen LogP contribution is 2.25. The summed E-state index contributed by atoms with van der Waals surface area (Å²) in [6, 6.07) is 11.1. The van der Waals surface area contributed by atoms with Gasteiger partial charge in [-0.1, -0.05) is 29.8 Å². The Kier molecular flexibility index (Phi) is 6.12. The normalized spacial score (nSPS) is 14.3. The number of para-hydroxylation sites is 1. The molecule has 1 aliphatic carbocycles. The zero-order valence-corrected chi connectivity index (χ0v) is 14.8. The van der Waals surface area contributed by atoms with Crippen LogP contribution in [0, 0.1) is 0 Å². The Hall–Kier alpha value is -2.27. The van der Waals surface area contributed by atoms with Gasteiger partial charge in [-0.3, -0.25) is 4.79 Å². The smallest absolute Gasteiger partial charge is 0.239 e. The molecule has 1 saturated carbocycles. The summed E-state index contributed by atoms with van der Waals surface area (Å²) < 4.78 is 5.99. The number of aromatic nitrogens is 1. The molecule has 0 saturated heterocycles. The van der Waals surface area contributed by atoms with Gasteiger partial charge in [0.05, 0.1) is 17.3 Å². The third-order valence-electron chi connectivity index (χ3n) is 4.22. The molecule has 1 amide bonds. The Balaban J connectivity index is 1.51. The molecule has 132 valence electrons. The van der Waals surface area contributed by atoms with Gasteiger partial charge in [-0.2, -0.15) is 0 Å². The van der Waals surface area contributed by atoms with Gasteiger partial charge in [0.15, 0.2) is 0 Å².